The van der Waals surface area contributed by atoms with Crippen LogP contribution in [-0.2, 0) is 4.79 Å². The van der Waals surface area contributed by atoms with Crippen LogP contribution in [0.3, 0.4) is 0 Å². The number of rotatable bonds is 4. The van der Waals surface area contributed by atoms with E-state index in [-0.39, 0.29) is 5.91 Å². The minimum atomic E-state index is -0.353. The molecule has 0 bridgehead atoms. The molecule has 4 rings (SSSR count). The van der Waals surface area contributed by atoms with Crippen LogP contribution in [-0.4, -0.2) is 10.9 Å². The summed E-state index contributed by atoms with van der Waals surface area (Å²) in [5.41, 5.74) is 4.39. The largest absolute Gasteiger partial charge is 0.436 e. The molecule has 0 radical (unpaired) electrons. The van der Waals surface area contributed by atoms with Gasteiger partial charge in [-0.05, 0) is 66.6 Å². The predicted molar refractivity (Wildman–Crippen MR) is 123 cm³/mol. The lowest BCUT2D eigenvalue weighted by Gasteiger charge is -2.06. The topological polar surface area (TPSA) is 55.1 Å². The van der Waals surface area contributed by atoms with Crippen LogP contribution in [0.25, 0.3) is 28.6 Å². The standard InChI is InChI=1S/C23H15Cl3N2O2/c1-13-2-8-21-20(10-13)28-23(30-21)15-4-7-17(25)19(11-15)27-22(29)9-5-14-3-6-16(24)12-18(14)26/h2-12H,1H3,(H,27,29). The van der Waals surface area contributed by atoms with Gasteiger partial charge in [-0.3, -0.25) is 4.79 Å². The van der Waals surface area contributed by atoms with E-state index >= 15 is 0 Å². The summed E-state index contributed by atoms with van der Waals surface area (Å²) in [5, 5.41) is 4.15. The first-order valence-electron chi connectivity index (χ1n) is 9.00. The second-order valence-electron chi connectivity index (χ2n) is 6.67. The van der Waals surface area contributed by atoms with Crippen molar-refractivity contribution in [2.45, 2.75) is 6.92 Å². The zero-order chi connectivity index (χ0) is 21.3. The average Bonchev–Trinajstić information content (AvgIpc) is 3.12. The van der Waals surface area contributed by atoms with Crippen LogP contribution in [0.2, 0.25) is 15.1 Å². The number of nitrogens with one attached hydrogen (secondary N) is 1. The van der Waals surface area contributed by atoms with Gasteiger partial charge in [0.05, 0.1) is 10.7 Å². The van der Waals surface area contributed by atoms with Crippen molar-refractivity contribution in [1.29, 1.82) is 0 Å². The van der Waals surface area contributed by atoms with Crippen LogP contribution in [0.5, 0.6) is 0 Å². The van der Waals surface area contributed by atoms with Gasteiger partial charge in [-0.15, -0.1) is 0 Å². The van der Waals surface area contributed by atoms with Crippen LogP contribution in [0.1, 0.15) is 11.1 Å². The second kappa shape index (κ2) is 8.52. The van der Waals surface area contributed by atoms with Gasteiger partial charge in [-0.1, -0.05) is 46.9 Å². The molecule has 1 amide bonds. The summed E-state index contributed by atoms with van der Waals surface area (Å²) in [6, 6.07) is 16.0. The highest BCUT2D eigenvalue weighted by atomic mass is 35.5. The minimum Gasteiger partial charge on any atom is -0.436 e. The molecule has 0 spiro atoms. The summed E-state index contributed by atoms with van der Waals surface area (Å²) in [4.78, 5) is 16.9. The van der Waals surface area contributed by atoms with E-state index < -0.39 is 0 Å². The van der Waals surface area contributed by atoms with E-state index in [1.165, 1.54) is 6.08 Å². The predicted octanol–water partition coefficient (Wildman–Crippen LogP) is 7.42. The molecule has 0 fully saturated rings. The Morgan fingerprint density at radius 3 is 2.63 bits per heavy atom. The Hall–Kier alpha value is -2.79. The number of aryl methyl sites for hydroxylation is 1. The molecule has 0 aliphatic rings. The highest BCUT2D eigenvalue weighted by Crippen LogP contribution is 2.31. The molecule has 150 valence electrons. The normalized spacial score (nSPS) is 11.3. The monoisotopic (exact) mass is 456 g/mol. The van der Waals surface area contributed by atoms with Gasteiger partial charge in [0.2, 0.25) is 11.8 Å². The van der Waals surface area contributed by atoms with Gasteiger partial charge in [-0.2, -0.15) is 0 Å². The third-order valence-electron chi connectivity index (χ3n) is 4.39. The van der Waals surface area contributed by atoms with Crippen molar-refractivity contribution >= 4 is 63.6 Å². The van der Waals surface area contributed by atoms with Gasteiger partial charge >= 0.3 is 0 Å². The smallest absolute Gasteiger partial charge is 0.248 e. The highest BCUT2D eigenvalue weighted by molar-refractivity contribution is 6.35. The van der Waals surface area contributed by atoms with Crippen LogP contribution in [0, 0.1) is 6.92 Å². The summed E-state index contributed by atoms with van der Waals surface area (Å²) >= 11 is 18.3. The van der Waals surface area contributed by atoms with Crippen molar-refractivity contribution in [2.75, 3.05) is 5.32 Å². The average molecular weight is 458 g/mol. The number of fused-ring (bicyclic) bond motifs is 1. The SMILES string of the molecule is Cc1ccc2oc(-c3ccc(Cl)c(NC(=O)C=Cc4ccc(Cl)cc4Cl)c3)nc2c1. The Morgan fingerprint density at radius 1 is 1.00 bits per heavy atom. The summed E-state index contributed by atoms with van der Waals surface area (Å²) < 4.78 is 5.83. The molecule has 0 aliphatic heterocycles. The first-order chi connectivity index (χ1) is 14.4. The maximum Gasteiger partial charge on any atom is 0.248 e. The van der Waals surface area contributed by atoms with Crippen molar-refractivity contribution in [3.8, 4) is 11.5 Å². The Kier molecular flexibility index (Phi) is 5.82. The Bertz CT molecular complexity index is 1300. The number of carbonyl (C=O) groups is 1. The molecule has 1 heterocycles. The van der Waals surface area contributed by atoms with Crippen molar-refractivity contribution in [2.24, 2.45) is 0 Å². The molecule has 0 saturated carbocycles. The van der Waals surface area contributed by atoms with Crippen molar-refractivity contribution in [3.63, 3.8) is 0 Å². The number of anilines is 1. The van der Waals surface area contributed by atoms with Gasteiger partial charge in [0, 0.05) is 21.7 Å². The summed E-state index contributed by atoms with van der Waals surface area (Å²) in [6.07, 6.45) is 2.98. The van der Waals surface area contributed by atoms with Crippen LogP contribution >= 0.6 is 34.8 Å². The van der Waals surface area contributed by atoms with E-state index in [0.29, 0.717) is 43.4 Å². The second-order valence-corrected chi connectivity index (χ2v) is 7.92. The van der Waals surface area contributed by atoms with Crippen LogP contribution in [0.15, 0.2) is 65.1 Å². The Morgan fingerprint density at radius 2 is 1.83 bits per heavy atom. The molecule has 0 atom stereocenters. The summed E-state index contributed by atoms with van der Waals surface area (Å²) in [7, 11) is 0. The number of halogens is 3. The van der Waals surface area contributed by atoms with E-state index in [0.717, 1.165) is 11.1 Å². The number of oxazole rings is 1. The zero-order valence-electron chi connectivity index (χ0n) is 15.7. The summed E-state index contributed by atoms with van der Waals surface area (Å²) in [6.45, 7) is 1.99. The number of carbonyl (C=O) groups excluding carboxylic acids is 1. The Labute approximate surface area is 188 Å². The molecule has 4 nitrogen and oxygen atoms in total. The number of hydrogen-bond acceptors (Lipinski definition) is 3. The molecule has 30 heavy (non-hydrogen) atoms. The number of aromatic nitrogens is 1. The molecule has 1 N–H and O–H groups in total. The third-order valence-corrected chi connectivity index (χ3v) is 5.28. The summed E-state index contributed by atoms with van der Waals surface area (Å²) in [5.74, 6) is 0.0968. The van der Waals surface area contributed by atoms with E-state index in [2.05, 4.69) is 10.3 Å². The number of amides is 1. The van der Waals surface area contributed by atoms with Gasteiger partial charge in [0.25, 0.3) is 0 Å². The molecule has 3 aromatic carbocycles. The fourth-order valence-corrected chi connectivity index (χ4v) is 3.53. The zero-order valence-corrected chi connectivity index (χ0v) is 18.0. The number of nitrogens with zero attached hydrogens (tertiary/aromatic N) is 1. The fraction of sp³-hybridized carbons (Fsp3) is 0.0435. The van der Waals surface area contributed by atoms with Gasteiger partial charge in [0.15, 0.2) is 5.58 Å². The van der Waals surface area contributed by atoms with E-state index in [1.807, 2.05) is 25.1 Å². The molecule has 0 unspecified atom stereocenters. The Balaban J connectivity index is 1.56. The molecule has 1 aromatic heterocycles. The van der Waals surface area contributed by atoms with Gasteiger partial charge in [0.1, 0.15) is 5.52 Å². The molecule has 7 heteroatoms. The lowest BCUT2D eigenvalue weighted by atomic mass is 10.2. The van der Waals surface area contributed by atoms with Crippen molar-refractivity contribution < 1.29 is 9.21 Å². The highest BCUT2D eigenvalue weighted by Gasteiger charge is 2.12. The minimum absolute atomic E-state index is 0.353. The fourth-order valence-electron chi connectivity index (χ4n) is 2.89. The third kappa shape index (κ3) is 4.51. The van der Waals surface area contributed by atoms with E-state index in [1.54, 1.807) is 42.5 Å². The van der Waals surface area contributed by atoms with Crippen molar-refractivity contribution in [1.82, 2.24) is 4.98 Å². The molecule has 0 saturated heterocycles. The maximum absolute atomic E-state index is 12.4. The lowest BCUT2D eigenvalue weighted by molar-refractivity contribution is -0.111. The molecular weight excluding hydrogens is 443 g/mol. The molecule has 0 aliphatic carbocycles. The van der Waals surface area contributed by atoms with E-state index in [9.17, 15) is 4.79 Å². The van der Waals surface area contributed by atoms with Crippen molar-refractivity contribution in [3.05, 3.63) is 86.9 Å². The molecular formula is C23H15Cl3N2O2. The number of benzene rings is 3. The molecule has 4 aromatic rings. The van der Waals surface area contributed by atoms with Gasteiger partial charge < -0.3 is 9.73 Å². The quantitative estimate of drug-likeness (QED) is 0.324. The number of hydrogen-bond donors (Lipinski definition) is 1. The first-order valence-corrected chi connectivity index (χ1v) is 10.1. The first kappa shape index (κ1) is 20.5. The lowest BCUT2D eigenvalue weighted by Crippen LogP contribution is -2.08. The van der Waals surface area contributed by atoms with Crippen LogP contribution < -0.4 is 5.32 Å². The van der Waals surface area contributed by atoms with Gasteiger partial charge in [-0.25, -0.2) is 4.98 Å². The maximum atomic E-state index is 12.4. The van der Waals surface area contributed by atoms with Crippen LogP contribution in [0.4, 0.5) is 5.69 Å². The van der Waals surface area contributed by atoms with E-state index in [4.69, 9.17) is 39.2 Å².